The number of imidazole rings is 1. The second-order valence-corrected chi connectivity index (χ2v) is 7.14. The zero-order valence-electron chi connectivity index (χ0n) is 16.6. The summed E-state index contributed by atoms with van der Waals surface area (Å²) in [6.45, 7) is 1.47. The van der Waals surface area contributed by atoms with E-state index in [4.69, 9.17) is 10.2 Å². The van der Waals surface area contributed by atoms with Crippen LogP contribution in [0.25, 0.3) is 11.0 Å². The van der Waals surface area contributed by atoms with Crippen molar-refractivity contribution in [2.45, 2.75) is 13.1 Å². The fourth-order valence-corrected chi connectivity index (χ4v) is 3.43. The van der Waals surface area contributed by atoms with Crippen molar-refractivity contribution in [2.24, 2.45) is 7.05 Å². The minimum Gasteiger partial charge on any atom is -0.378 e. The minimum atomic E-state index is 0.617. The van der Waals surface area contributed by atoms with E-state index in [0.29, 0.717) is 12.1 Å². The van der Waals surface area contributed by atoms with Gasteiger partial charge in [0, 0.05) is 32.0 Å². The van der Waals surface area contributed by atoms with Gasteiger partial charge in [0.1, 0.15) is 5.82 Å². The van der Waals surface area contributed by atoms with Crippen molar-refractivity contribution in [2.75, 3.05) is 17.3 Å². The van der Waals surface area contributed by atoms with Crippen molar-refractivity contribution in [3.8, 4) is 6.07 Å². The van der Waals surface area contributed by atoms with Gasteiger partial charge in [-0.2, -0.15) is 5.26 Å². The Morgan fingerprint density at radius 1 is 1.03 bits per heavy atom. The number of anilines is 2. The molecule has 29 heavy (non-hydrogen) atoms. The molecule has 0 unspecified atom stereocenters. The summed E-state index contributed by atoms with van der Waals surface area (Å²) in [4.78, 5) is 7.07. The molecule has 1 aromatic heterocycles. The van der Waals surface area contributed by atoms with Gasteiger partial charge >= 0.3 is 0 Å². The van der Waals surface area contributed by atoms with Gasteiger partial charge in [-0.25, -0.2) is 4.98 Å². The molecule has 144 valence electrons. The van der Waals surface area contributed by atoms with Crippen LogP contribution in [0.15, 0.2) is 72.8 Å². The number of nitriles is 1. The van der Waals surface area contributed by atoms with E-state index in [1.54, 1.807) is 0 Å². The van der Waals surface area contributed by atoms with Crippen molar-refractivity contribution < 1.29 is 0 Å². The molecule has 0 fully saturated rings. The Labute approximate surface area is 170 Å². The monoisotopic (exact) mass is 381 g/mol. The molecule has 1 N–H and O–H groups in total. The van der Waals surface area contributed by atoms with E-state index in [9.17, 15) is 0 Å². The standard InChI is InChI=1S/C24H23N5/c1-28(17-19-6-4-3-5-7-19)21-12-13-23-22(14-21)27-24(29(23)2)16-26-20-10-8-18(15-25)9-11-20/h3-14,26H,16-17H2,1-2H3. The predicted octanol–water partition coefficient (Wildman–Crippen LogP) is 4.69. The molecule has 0 saturated heterocycles. The number of hydrogen-bond acceptors (Lipinski definition) is 4. The Hall–Kier alpha value is -3.78. The first kappa shape index (κ1) is 18.6. The van der Waals surface area contributed by atoms with Gasteiger partial charge in [0.15, 0.2) is 0 Å². The zero-order chi connectivity index (χ0) is 20.2. The molecule has 0 saturated carbocycles. The molecule has 3 aromatic carbocycles. The van der Waals surface area contributed by atoms with E-state index in [-0.39, 0.29) is 0 Å². The summed E-state index contributed by atoms with van der Waals surface area (Å²) < 4.78 is 2.12. The van der Waals surface area contributed by atoms with Gasteiger partial charge in [0.05, 0.1) is 29.2 Å². The average Bonchev–Trinajstić information content (AvgIpc) is 3.08. The van der Waals surface area contributed by atoms with E-state index < -0.39 is 0 Å². The van der Waals surface area contributed by atoms with E-state index in [0.717, 1.165) is 34.8 Å². The van der Waals surface area contributed by atoms with Crippen LogP contribution in [-0.2, 0) is 20.1 Å². The summed E-state index contributed by atoms with van der Waals surface area (Å²) in [5.74, 6) is 0.965. The molecular weight excluding hydrogens is 358 g/mol. The fraction of sp³-hybridized carbons (Fsp3) is 0.167. The summed E-state index contributed by atoms with van der Waals surface area (Å²) in [6, 6.07) is 26.5. The molecule has 0 aliphatic carbocycles. The summed E-state index contributed by atoms with van der Waals surface area (Å²) in [5, 5.41) is 12.3. The second kappa shape index (κ2) is 8.07. The third kappa shape index (κ3) is 4.07. The molecule has 0 aliphatic heterocycles. The number of nitrogens with one attached hydrogen (secondary N) is 1. The summed E-state index contributed by atoms with van der Waals surface area (Å²) in [6.07, 6.45) is 0. The number of benzene rings is 3. The number of fused-ring (bicyclic) bond motifs is 1. The maximum Gasteiger partial charge on any atom is 0.128 e. The Bertz CT molecular complexity index is 1150. The Balaban J connectivity index is 1.51. The van der Waals surface area contributed by atoms with Gasteiger partial charge < -0.3 is 14.8 Å². The highest BCUT2D eigenvalue weighted by molar-refractivity contribution is 5.80. The number of nitrogens with zero attached hydrogens (tertiary/aromatic N) is 4. The molecule has 0 radical (unpaired) electrons. The van der Waals surface area contributed by atoms with E-state index in [1.165, 1.54) is 5.56 Å². The largest absolute Gasteiger partial charge is 0.378 e. The van der Waals surface area contributed by atoms with Gasteiger partial charge in [-0.3, -0.25) is 0 Å². The maximum atomic E-state index is 8.91. The van der Waals surface area contributed by atoms with Gasteiger partial charge in [-0.1, -0.05) is 30.3 Å². The van der Waals surface area contributed by atoms with Crippen molar-refractivity contribution >= 4 is 22.4 Å². The lowest BCUT2D eigenvalue weighted by Crippen LogP contribution is -2.16. The van der Waals surface area contributed by atoms with E-state index in [2.05, 4.69) is 70.4 Å². The van der Waals surface area contributed by atoms with Crippen LogP contribution in [0.1, 0.15) is 17.0 Å². The molecule has 4 rings (SSSR count). The summed E-state index contributed by atoms with van der Waals surface area (Å²) in [7, 11) is 4.14. The molecule has 1 heterocycles. The summed E-state index contributed by atoms with van der Waals surface area (Å²) in [5.41, 5.74) is 6.15. The Morgan fingerprint density at radius 2 is 1.79 bits per heavy atom. The molecule has 0 aliphatic rings. The minimum absolute atomic E-state index is 0.617. The van der Waals surface area contributed by atoms with Gasteiger partial charge in [-0.15, -0.1) is 0 Å². The van der Waals surface area contributed by atoms with E-state index in [1.807, 2.05) is 37.4 Å². The van der Waals surface area contributed by atoms with Crippen molar-refractivity contribution in [1.82, 2.24) is 9.55 Å². The average molecular weight is 381 g/mol. The first-order valence-corrected chi connectivity index (χ1v) is 9.58. The highest BCUT2D eigenvalue weighted by Gasteiger charge is 2.10. The first-order chi connectivity index (χ1) is 14.1. The highest BCUT2D eigenvalue weighted by Crippen LogP contribution is 2.23. The van der Waals surface area contributed by atoms with Crippen molar-refractivity contribution in [3.63, 3.8) is 0 Å². The zero-order valence-corrected chi connectivity index (χ0v) is 16.6. The van der Waals surface area contributed by atoms with Crippen molar-refractivity contribution in [3.05, 3.63) is 89.7 Å². The van der Waals surface area contributed by atoms with Gasteiger partial charge in [0.2, 0.25) is 0 Å². The second-order valence-electron chi connectivity index (χ2n) is 7.14. The van der Waals surface area contributed by atoms with E-state index >= 15 is 0 Å². The molecular formula is C24H23N5. The SMILES string of the molecule is CN(Cc1ccccc1)c1ccc2c(c1)nc(CNc1ccc(C#N)cc1)n2C. The normalized spacial score (nSPS) is 10.7. The molecule has 0 spiro atoms. The van der Waals surface area contributed by atoms with Crippen LogP contribution < -0.4 is 10.2 Å². The molecule has 5 nitrogen and oxygen atoms in total. The number of hydrogen-bond donors (Lipinski definition) is 1. The quantitative estimate of drug-likeness (QED) is 0.526. The number of aromatic nitrogens is 2. The topological polar surface area (TPSA) is 56.9 Å². The van der Waals surface area contributed by atoms with Crippen LogP contribution in [0.4, 0.5) is 11.4 Å². The Kier molecular flexibility index (Phi) is 5.17. The number of rotatable bonds is 6. The third-order valence-corrected chi connectivity index (χ3v) is 5.12. The smallest absolute Gasteiger partial charge is 0.128 e. The third-order valence-electron chi connectivity index (χ3n) is 5.12. The van der Waals surface area contributed by atoms with Crippen LogP contribution in [0, 0.1) is 11.3 Å². The van der Waals surface area contributed by atoms with Crippen LogP contribution in [0.2, 0.25) is 0 Å². The molecule has 5 heteroatoms. The predicted molar refractivity (Wildman–Crippen MR) is 118 cm³/mol. The molecule has 0 bridgehead atoms. The van der Waals surface area contributed by atoms with Crippen LogP contribution >= 0.6 is 0 Å². The molecule has 0 atom stereocenters. The van der Waals surface area contributed by atoms with Crippen LogP contribution in [0.5, 0.6) is 0 Å². The lowest BCUT2D eigenvalue weighted by atomic mass is 10.2. The van der Waals surface area contributed by atoms with Crippen LogP contribution in [0.3, 0.4) is 0 Å². The first-order valence-electron chi connectivity index (χ1n) is 9.58. The molecule has 4 aromatic rings. The molecule has 0 amide bonds. The summed E-state index contributed by atoms with van der Waals surface area (Å²) >= 11 is 0. The number of aryl methyl sites for hydroxylation is 1. The Morgan fingerprint density at radius 3 is 2.52 bits per heavy atom. The van der Waals surface area contributed by atoms with Crippen LogP contribution in [-0.4, -0.2) is 16.6 Å². The lowest BCUT2D eigenvalue weighted by molar-refractivity contribution is 0.834. The lowest BCUT2D eigenvalue weighted by Gasteiger charge is -2.19. The van der Waals surface area contributed by atoms with Crippen molar-refractivity contribution in [1.29, 1.82) is 5.26 Å². The van der Waals surface area contributed by atoms with Gasteiger partial charge in [-0.05, 0) is 48.0 Å². The maximum absolute atomic E-state index is 8.91. The van der Waals surface area contributed by atoms with Gasteiger partial charge in [0.25, 0.3) is 0 Å². The fourth-order valence-electron chi connectivity index (χ4n) is 3.43. The highest BCUT2D eigenvalue weighted by atomic mass is 15.1.